The maximum atomic E-state index is 12.7. The summed E-state index contributed by atoms with van der Waals surface area (Å²) in [5, 5.41) is 9.33. The van der Waals surface area contributed by atoms with Gasteiger partial charge in [-0.3, -0.25) is 4.79 Å². The van der Waals surface area contributed by atoms with Gasteiger partial charge in [0.2, 0.25) is 5.91 Å². The van der Waals surface area contributed by atoms with Crippen molar-refractivity contribution < 1.29 is 14.7 Å². The smallest absolute Gasteiger partial charge is 0.326 e. The number of benzene rings is 1. The van der Waals surface area contributed by atoms with E-state index in [1.807, 2.05) is 0 Å². The molecule has 0 bridgehead atoms. The second kappa shape index (κ2) is 6.34. The molecule has 2 unspecified atom stereocenters. The topological polar surface area (TPSA) is 57.6 Å². The molecule has 1 aromatic rings. The summed E-state index contributed by atoms with van der Waals surface area (Å²) < 4.78 is 0. The lowest BCUT2D eigenvalue weighted by molar-refractivity contribution is -0.152. The van der Waals surface area contributed by atoms with Gasteiger partial charge in [-0.25, -0.2) is 4.79 Å². The lowest BCUT2D eigenvalue weighted by Crippen LogP contribution is -2.48. The number of nitrogens with zero attached hydrogens (tertiary/aromatic N) is 1. The number of amides is 1. The molecule has 3 atom stereocenters. The fourth-order valence-corrected chi connectivity index (χ4v) is 3.63. The highest BCUT2D eigenvalue weighted by Crippen LogP contribution is 2.49. The molecule has 2 fully saturated rings. The highest BCUT2D eigenvalue weighted by atomic mass is 16.4. The third kappa shape index (κ3) is 3.26. The van der Waals surface area contributed by atoms with Gasteiger partial charge in [0.15, 0.2) is 0 Å². The first-order chi connectivity index (χ1) is 11.0. The molecule has 0 aromatic heterocycles. The van der Waals surface area contributed by atoms with Crippen LogP contribution in [0.25, 0.3) is 0 Å². The third-order valence-electron chi connectivity index (χ3n) is 5.21. The molecule has 1 amide bonds. The largest absolute Gasteiger partial charge is 0.480 e. The Labute approximate surface area is 137 Å². The zero-order valence-electron chi connectivity index (χ0n) is 13.9. The van der Waals surface area contributed by atoms with Crippen molar-refractivity contribution in [1.82, 2.24) is 4.90 Å². The quantitative estimate of drug-likeness (QED) is 0.926. The summed E-state index contributed by atoms with van der Waals surface area (Å²) in [7, 11) is 0. The number of rotatable bonds is 4. The highest BCUT2D eigenvalue weighted by Gasteiger charge is 2.48. The Morgan fingerprint density at radius 2 is 1.87 bits per heavy atom. The molecule has 4 heteroatoms. The highest BCUT2D eigenvalue weighted by molar-refractivity contribution is 5.87. The van der Waals surface area contributed by atoms with Crippen LogP contribution in [0.15, 0.2) is 24.3 Å². The van der Waals surface area contributed by atoms with Crippen LogP contribution in [-0.4, -0.2) is 34.5 Å². The van der Waals surface area contributed by atoms with Gasteiger partial charge < -0.3 is 10.0 Å². The van der Waals surface area contributed by atoms with Crippen LogP contribution in [-0.2, 0) is 9.59 Å². The second-order valence-corrected chi connectivity index (χ2v) is 7.15. The summed E-state index contributed by atoms with van der Waals surface area (Å²) >= 11 is 0. The Hall–Kier alpha value is -1.84. The van der Waals surface area contributed by atoms with Crippen LogP contribution in [0.2, 0.25) is 0 Å². The van der Waals surface area contributed by atoms with Crippen molar-refractivity contribution in [3.8, 4) is 0 Å². The summed E-state index contributed by atoms with van der Waals surface area (Å²) in [6.07, 6.45) is 3.24. The van der Waals surface area contributed by atoms with Crippen LogP contribution in [0.4, 0.5) is 0 Å². The van der Waals surface area contributed by atoms with Crippen molar-refractivity contribution in [1.29, 1.82) is 0 Å². The van der Waals surface area contributed by atoms with E-state index in [-0.39, 0.29) is 17.7 Å². The van der Waals surface area contributed by atoms with E-state index >= 15 is 0 Å². The van der Waals surface area contributed by atoms with Crippen LogP contribution < -0.4 is 0 Å². The Morgan fingerprint density at radius 1 is 1.17 bits per heavy atom. The van der Waals surface area contributed by atoms with Crippen LogP contribution in [0.3, 0.4) is 0 Å². The average Bonchev–Trinajstić information content (AvgIpc) is 3.35. The van der Waals surface area contributed by atoms with Crippen LogP contribution in [0.5, 0.6) is 0 Å². The Bertz CT molecular complexity index is 593. The molecule has 2 aliphatic rings. The number of carbonyl (C=O) groups is 2. The van der Waals surface area contributed by atoms with E-state index in [1.165, 1.54) is 11.1 Å². The van der Waals surface area contributed by atoms with Gasteiger partial charge in [0.05, 0.1) is 0 Å². The molecule has 1 aliphatic carbocycles. The van der Waals surface area contributed by atoms with Gasteiger partial charge in [-0.1, -0.05) is 38.1 Å². The molecule has 23 heavy (non-hydrogen) atoms. The zero-order valence-corrected chi connectivity index (χ0v) is 13.9. The van der Waals surface area contributed by atoms with E-state index in [0.717, 1.165) is 19.3 Å². The van der Waals surface area contributed by atoms with Gasteiger partial charge >= 0.3 is 5.97 Å². The van der Waals surface area contributed by atoms with Crippen molar-refractivity contribution in [3.05, 3.63) is 35.4 Å². The number of carboxylic acid groups (broad SMARTS) is 1. The fraction of sp³-hybridized carbons (Fsp3) is 0.579. The SMILES string of the molecule is CC(C)c1ccc(C2CC2C(=O)N2CCCC[C@@H]2C(=O)O)cc1. The van der Waals surface area contributed by atoms with Crippen molar-refractivity contribution in [2.24, 2.45) is 5.92 Å². The van der Waals surface area contributed by atoms with E-state index in [1.54, 1.807) is 4.90 Å². The maximum absolute atomic E-state index is 12.7. The van der Waals surface area contributed by atoms with Gasteiger partial charge in [0.25, 0.3) is 0 Å². The number of aliphatic carboxylic acids is 1. The molecule has 1 saturated carbocycles. The first-order valence-electron chi connectivity index (χ1n) is 8.62. The maximum Gasteiger partial charge on any atom is 0.326 e. The minimum Gasteiger partial charge on any atom is -0.480 e. The molecule has 4 nitrogen and oxygen atoms in total. The molecule has 1 aromatic carbocycles. The number of hydrogen-bond acceptors (Lipinski definition) is 2. The Balaban J connectivity index is 1.67. The molecule has 1 saturated heterocycles. The minimum atomic E-state index is -0.864. The summed E-state index contributed by atoms with van der Waals surface area (Å²) in [4.78, 5) is 25.7. The van der Waals surface area contributed by atoms with Crippen molar-refractivity contribution in [3.63, 3.8) is 0 Å². The number of likely N-dealkylation sites (tertiary alicyclic amines) is 1. The molecular weight excluding hydrogens is 290 g/mol. The van der Waals surface area contributed by atoms with Gasteiger partial charge in [-0.05, 0) is 48.6 Å². The van der Waals surface area contributed by atoms with E-state index in [4.69, 9.17) is 0 Å². The van der Waals surface area contributed by atoms with Crippen LogP contribution in [0, 0.1) is 5.92 Å². The normalized spacial score (nSPS) is 27.1. The molecule has 1 aliphatic heterocycles. The molecule has 0 spiro atoms. The van der Waals surface area contributed by atoms with Crippen molar-refractivity contribution >= 4 is 11.9 Å². The summed E-state index contributed by atoms with van der Waals surface area (Å²) in [6.45, 7) is 4.92. The van der Waals surface area contributed by atoms with Gasteiger partial charge in [0.1, 0.15) is 6.04 Å². The Morgan fingerprint density at radius 3 is 2.48 bits per heavy atom. The molecule has 1 heterocycles. The number of hydrogen-bond donors (Lipinski definition) is 1. The number of carbonyl (C=O) groups excluding carboxylic acids is 1. The lowest BCUT2D eigenvalue weighted by atomic mass is 9.99. The van der Waals surface area contributed by atoms with Crippen LogP contribution in [0.1, 0.15) is 62.5 Å². The van der Waals surface area contributed by atoms with Crippen molar-refractivity contribution in [2.75, 3.05) is 6.54 Å². The monoisotopic (exact) mass is 315 g/mol. The van der Waals surface area contributed by atoms with E-state index < -0.39 is 12.0 Å². The molecule has 3 rings (SSSR count). The fourth-order valence-electron chi connectivity index (χ4n) is 3.63. The zero-order chi connectivity index (χ0) is 16.6. The minimum absolute atomic E-state index is 0.0279. The second-order valence-electron chi connectivity index (χ2n) is 7.15. The molecule has 0 radical (unpaired) electrons. The first-order valence-corrected chi connectivity index (χ1v) is 8.62. The average molecular weight is 315 g/mol. The van der Waals surface area contributed by atoms with Gasteiger partial charge in [-0.15, -0.1) is 0 Å². The van der Waals surface area contributed by atoms with Gasteiger partial charge in [-0.2, -0.15) is 0 Å². The molecular formula is C19H25NO3. The van der Waals surface area contributed by atoms with E-state index in [0.29, 0.717) is 18.9 Å². The van der Waals surface area contributed by atoms with Crippen LogP contribution >= 0.6 is 0 Å². The predicted octanol–water partition coefficient (Wildman–Crippen LogP) is 3.38. The van der Waals surface area contributed by atoms with E-state index in [2.05, 4.69) is 38.1 Å². The van der Waals surface area contributed by atoms with E-state index in [9.17, 15) is 14.7 Å². The number of piperidine rings is 1. The summed E-state index contributed by atoms with van der Waals surface area (Å²) in [5.41, 5.74) is 2.51. The predicted molar refractivity (Wildman–Crippen MR) is 88.4 cm³/mol. The Kier molecular flexibility index (Phi) is 4.42. The molecule has 124 valence electrons. The summed E-state index contributed by atoms with van der Waals surface area (Å²) in [5.74, 6) is -0.0862. The molecule has 1 N–H and O–H groups in total. The lowest BCUT2D eigenvalue weighted by Gasteiger charge is -2.33. The van der Waals surface area contributed by atoms with Gasteiger partial charge in [0, 0.05) is 12.5 Å². The number of carboxylic acids is 1. The third-order valence-corrected chi connectivity index (χ3v) is 5.21. The first kappa shape index (κ1) is 16.0. The summed E-state index contributed by atoms with van der Waals surface area (Å²) in [6, 6.07) is 7.90. The van der Waals surface area contributed by atoms with Crippen molar-refractivity contribution in [2.45, 2.75) is 57.4 Å². The standard InChI is InChI=1S/C19H25NO3/c1-12(2)13-6-8-14(9-7-13)15-11-16(15)18(21)20-10-4-3-5-17(20)19(22)23/h6-9,12,15-17H,3-5,10-11H2,1-2H3,(H,22,23)/t15?,16?,17-/m1/s1.